The van der Waals surface area contributed by atoms with Crippen LogP contribution in [0.25, 0.3) is 0 Å². The maximum Gasteiger partial charge on any atom is 0.341 e. The molecule has 9 heteroatoms. The van der Waals surface area contributed by atoms with Crippen LogP contribution in [0.1, 0.15) is 53.1 Å². The van der Waals surface area contributed by atoms with Crippen molar-refractivity contribution in [2.75, 3.05) is 30.0 Å². The van der Waals surface area contributed by atoms with Crippen molar-refractivity contribution in [3.05, 3.63) is 45.8 Å². The first-order chi connectivity index (χ1) is 16.4. The number of esters is 2. The van der Waals surface area contributed by atoms with Crippen molar-refractivity contribution >= 4 is 45.8 Å². The van der Waals surface area contributed by atoms with Crippen LogP contribution < -0.4 is 10.2 Å². The quantitative estimate of drug-likeness (QED) is 0.576. The lowest BCUT2D eigenvalue weighted by atomic mass is 10.1. The minimum absolute atomic E-state index is 0.0423. The summed E-state index contributed by atoms with van der Waals surface area (Å²) in [6, 6.07) is 7.67. The zero-order chi connectivity index (χ0) is 24.2. The molecule has 2 heterocycles. The molecule has 0 bridgehead atoms. The van der Waals surface area contributed by atoms with Gasteiger partial charge in [0.1, 0.15) is 5.00 Å². The van der Waals surface area contributed by atoms with E-state index in [4.69, 9.17) is 9.47 Å². The fraction of sp³-hybridized carbons (Fsp3) is 0.440. The number of carbonyl (C=O) groups excluding carboxylic acids is 4. The van der Waals surface area contributed by atoms with Crippen molar-refractivity contribution in [3.63, 3.8) is 0 Å². The van der Waals surface area contributed by atoms with E-state index in [9.17, 15) is 19.2 Å². The van der Waals surface area contributed by atoms with Crippen LogP contribution in [0, 0.1) is 5.92 Å². The zero-order valence-corrected chi connectivity index (χ0v) is 20.2. The molecule has 2 aromatic rings. The van der Waals surface area contributed by atoms with E-state index in [0.29, 0.717) is 10.6 Å². The summed E-state index contributed by atoms with van der Waals surface area (Å²) in [5, 5.41) is 3.14. The lowest BCUT2D eigenvalue weighted by Crippen LogP contribution is -2.28. The van der Waals surface area contributed by atoms with Gasteiger partial charge in [-0.15, -0.1) is 11.3 Å². The highest BCUT2D eigenvalue weighted by atomic mass is 32.1. The van der Waals surface area contributed by atoms with Gasteiger partial charge in [0.2, 0.25) is 5.91 Å². The molecule has 1 atom stereocenters. The molecule has 8 nitrogen and oxygen atoms in total. The summed E-state index contributed by atoms with van der Waals surface area (Å²) >= 11 is 1.37. The number of benzene rings is 1. The Hall–Kier alpha value is -3.20. The van der Waals surface area contributed by atoms with Gasteiger partial charge in [-0.3, -0.25) is 14.4 Å². The Balaban J connectivity index is 1.33. The Kier molecular flexibility index (Phi) is 7.31. The standard InChI is InChI=1S/C25H28N2O6S/c1-3-15-8-10-17(11-9-15)27-13-16(12-21(27)29)24(30)33-14-20(28)26-23-22(25(31)32-4-2)18-6-5-7-19(18)34-23/h8-11,16H,3-7,12-14H2,1-2H3,(H,26,28). The number of amides is 2. The van der Waals surface area contributed by atoms with Gasteiger partial charge in [-0.2, -0.15) is 0 Å². The fourth-order valence-corrected chi connectivity index (χ4v) is 5.65. The first-order valence-electron chi connectivity index (χ1n) is 11.6. The molecule has 1 aliphatic heterocycles. The van der Waals surface area contributed by atoms with Gasteiger partial charge in [-0.1, -0.05) is 19.1 Å². The smallest absolute Gasteiger partial charge is 0.341 e. The normalized spacial score (nSPS) is 16.9. The number of rotatable bonds is 8. The predicted octanol–water partition coefficient (Wildman–Crippen LogP) is 3.51. The summed E-state index contributed by atoms with van der Waals surface area (Å²) < 4.78 is 10.4. The van der Waals surface area contributed by atoms with E-state index in [1.807, 2.05) is 24.3 Å². The van der Waals surface area contributed by atoms with Crippen LogP contribution in [0.15, 0.2) is 24.3 Å². The molecule has 1 N–H and O–H groups in total. The molecular formula is C25H28N2O6S. The monoisotopic (exact) mass is 484 g/mol. The summed E-state index contributed by atoms with van der Waals surface area (Å²) in [5.41, 5.74) is 3.25. The molecule has 0 spiro atoms. The van der Waals surface area contributed by atoms with Crippen molar-refractivity contribution in [1.29, 1.82) is 0 Å². The number of aryl methyl sites for hydroxylation is 2. The topological polar surface area (TPSA) is 102 Å². The molecule has 0 radical (unpaired) electrons. The summed E-state index contributed by atoms with van der Waals surface area (Å²) in [6.45, 7) is 3.77. The van der Waals surface area contributed by atoms with Crippen molar-refractivity contribution < 1.29 is 28.7 Å². The summed E-state index contributed by atoms with van der Waals surface area (Å²) in [4.78, 5) is 52.6. The van der Waals surface area contributed by atoms with Crippen LogP contribution in [0.3, 0.4) is 0 Å². The maximum atomic E-state index is 12.5. The number of thiophene rings is 1. The van der Waals surface area contributed by atoms with Crippen LogP contribution in [0.4, 0.5) is 10.7 Å². The molecule has 2 aliphatic rings. The van der Waals surface area contributed by atoms with Crippen molar-refractivity contribution in [1.82, 2.24) is 0 Å². The second-order valence-corrected chi connectivity index (χ2v) is 9.47. The third kappa shape index (κ3) is 4.99. The van der Waals surface area contributed by atoms with E-state index < -0.39 is 30.4 Å². The van der Waals surface area contributed by atoms with Crippen LogP contribution in [-0.4, -0.2) is 43.5 Å². The highest BCUT2D eigenvalue weighted by Crippen LogP contribution is 2.39. The number of nitrogens with one attached hydrogen (secondary N) is 1. The SMILES string of the molecule is CCOC(=O)c1c(NC(=O)COC(=O)C2CC(=O)N(c3ccc(CC)cc3)C2)sc2c1CCC2. The van der Waals surface area contributed by atoms with Gasteiger partial charge in [0.05, 0.1) is 18.1 Å². The fourth-order valence-electron chi connectivity index (χ4n) is 4.36. The van der Waals surface area contributed by atoms with Crippen LogP contribution in [0.5, 0.6) is 0 Å². The van der Waals surface area contributed by atoms with Gasteiger partial charge in [-0.25, -0.2) is 4.79 Å². The minimum atomic E-state index is -0.633. The Bertz CT molecular complexity index is 1110. The van der Waals surface area contributed by atoms with Gasteiger partial charge in [-0.05, 0) is 55.9 Å². The molecule has 1 fully saturated rings. The molecule has 180 valence electrons. The number of carbonyl (C=O) groups is 4. The number of ether oxygens (including phenoxy) is 2. The maximum absolute atomic E-state index is 12.5. The Morgan fingerprint density at radius 2 is 1.88 bits per heavy atom. The van der Waals surface area contributed by atoms with E-state index in [2.05, 4.69) is 12.2 Å². The Morgan fingerprint density at radius 1 is 1.12 bits per heavy atom. The van der Waals surface area contributed by atoms with Crippen LogP contribution in [0.2, 0.25) is 0 Å². The van der Waals surface area contributed by atoms with Gasteiger partial charge in [0.25, 0.3) is 5.91 Å². The first-order valence-corrected chi connectivity index (χ1v) is 12.4. The molecule has 1 aromatic heterocycles. The summed E-state index contributed by atoms with van der Waals surface area (Å²) in [5.74, 6) is -2.36. The average Bonchev–Trinajstić information content (AvgIpc) is 3.52. The first kappa shape index (κ1) is 23.9. The van der Waals surface area contributed by atoms with Gasteiger partial charge in [0.15, 0.2) is 6.61 Å². The second kappa shape index (κ2) is 10.4. The highest BCUT2D eigenvalue weighted by molar-refractivity contribution is 7.17. The molecule has 1 aromatic carbocycles. The lowest BCUT2D eigenvalue weighted by Gasteiger charge is -2.17. The van der Waals surface area contributed by atoms with E-state index in [1.54, 1.807) is 11.8 Å². The van der Waals surface area contributed by atoms with Crippen molar-refractivity contribution in [2.24, 2.45) is 5.92 Å². The molecule has 2 amide bonds. The van der Waals surface area contributed by atoms with Gasteiger partial charge >= 0.3 is 11.9 Å². The number of hydrogen-bond donors (Lipinski definition) is 1. The lowest BCUT2D eigenvalue weighted by molar-refractivity contribution is -0.151. The Morgan fingerprint density at radius 3 is 2.59 bits per heavy atom. The molecular weight excluding hydrogens is 456 g/mol. The predicted molar refractivity (Wildman–Crippen MR) is 128 cm³/mol. The summed E-state index contributed by atoms with van der Waals surface area (Å²) in [6.07, 6.45) is 3.56. The van der Waals surface area contributed by atoms with Crippen molar-refractivity contribution in [3.8, 4) is 0 Å². The summed E-state index contributed by atoms with van der Waals surface area (Å²) in [7, 11) is 0. The molecule has 1 unspecified atom stereocenters. The number of nitrogens with zero attached hydrogens (tertiary/aromatic N) is 1. The largest absolute Gasteiger partial charge is 0.462 e. The third-order valence-electron chi connectivity index (χ3n) is 6.11. The van der Waals surface area contributed by atoms with Crippen LogP contribution >= 0.6 is 11.3 Å². The number of anilines is 2. The molecule has 1 aliphatic carbocycles. The minimum Gasteiger partial charge on any atom is -0.462 e. The Labute approximate surface area is 202 Å². The van der Waals surface area contributed by atoms with Crippen molar-refractivity contribution in [2.45, 2.75) is 46.0 Å². The second-order valence-electron chi connectivity index (χ2n) is 8.36. The zero-order valence-electron chi connectivity index (χ0n) is 19.3. The van der Waals surface area contributed by atoms with E-state index >= 15 is 0 Å². The molecule has 34 heavy (non-hydrogen) atoms. The molecule has 4 rings (SSSR count). The third-order valence-corrected chi connectivity index (χ3v) is 7.32. The average molecular weight is 485 g/mol. The van der Waals surface area contributed by atoms with Gasteiger partial charge < -0.3 is 19.7 Å². The highest BCUT2D eigenvalue weighted by Gasteiger charge is 2.36. The number of fused-ring (bicyclic) bond motifs is 1. The van der Waals surface area contributed by atoms with Crippen LogP contribution in [-0.2, 0) is 43.1 Å². The van der Waals surface area contributed by atoms with E-state index in [0.717, 1.165) is 41.8 Å². The number of hydrogen-bond acceptors (Lipinski definition) is 7. The van der Waals surface area contributed by atoms with E-state index in [1.165, 1.54) is 16.9 Å². The van der Waals surface area contributed by atoms with Gasteiger partial charge in [0, 0.05) is 23.5 Å². The van der Waals surface area contributed by atoms with E-state index in [-0.39, 0.29) is 25.5 Å². The molecule has 1 saturated heterocycles. The molecule has 0 saturated carbocycles.